The van der Waals surface area contributed by atoms with E-state index in [0.29, 0.717) is 44.7 Å². The smallest absolute Gasteiger partial charge is 0.268 e. The number of nitrogens with zero attached hydrogens (tertiary/aromatic N) is 3. The number of anilines is 2. The molecule has 0 aliphatic heterocycles. The number of likely N-dealkylation sites (N-methyl/N-ethyl adjacent to an activating group) is 1. The summed E-state index contributed by atoms with van der Waals surface area (Å²) in [5, 5.41) is 6.17. The molecule has 0 radical (unpaired) electrons. The number of halogens is 2. The molecule has 1 heterocycles. The maximum Gasteiger partial charge on any atom is 0.268 e. The van der Waals surface area contributed by atoms with E-state index >= 15 is 0 Å². The molecule has 0 aliphatic rings. The van der Waals surface area contributed by atoms with Crippen LogP contribution in [0.1, 0.15) is 34.6 Å². The van der Waals surface area contributed by atoms with Crippen LogP contribution in [-0.2, 0) is 14.5 Å². The first kappa shape index (κ1) is 32.8. The van der Waals surface area contributed by atoms with Crippen molar-refractivity contribution in [2.75, 3.05) is 36.5 Å². The molecule has 1 unspecified atom stereocenters. The van der Waals surface area contributed by atoms with Gasteiger partial charge in [0.1, 0.15) is 5.82 Å². The van der Waals surface area contributed by atoms with Crippen molar-refractivity contribution in [3.63, 3.8) is 0 Å². The monoisotopic (exact) mass is 651 g/mol. The lowest BCUT2D eigenvalue weighted by molar-refractivity contribution is -0.118. The lowest BCUT2D eigenvalue weighted by atomic mass is 10.0. The molecule has 0 saturated heterocycles. The summed E-state index contributed by atoms with van der Waals surface area (Å²) in [6.45, 7) is 5.37. The van der Waals surface area contributed by atoms with Crippen LogP contribution in [0, 0.1) is 0 Å². The first-order valence-corrected chi connectivity index (χ1v) is 16.4. The fraction of sp³-hybridized carbons (Fsp3) is 0.188. The lowest BCUT2D eigenvalue weighted by Crippen LogP contribution is -2.29. The third kappa shape index (κ3) is 8.29. The summed E-state index contributed by atoms with van der Waals surface area (Å²) < 4.78 is 17.7. The molecular formula is C32H31Cl2N5O4S. The maximum absolute atomic E-state index is 13.6. The molecule has 1 atom stereocenters. The Balaban J connectivity index is 1.55. The number of carbonyl (C=O) groups excluding carboxylic acids is 3. The van der Waals surface area contributed by atoms with E-state index in [2.05, 4.69) is 20.0 Å². The van der Waals surface area contributed by atoms with Gasteiger partial charge in [-0.25, -0.2) is 9.19 Å². The van der Waals surface area contributed by atoms with Gasteiger partial charge in [-0.1, -0.05) is 67.4 Å². The number of hydrogen-bond acceptors (Lipinski definition) is 6. The number of hydrogen-bond donors (Lipinski definition) is 2. The summed E-state index contributed by atoms with van der Waals surface area (Å²) in [6.07, 6.45) is 2.86. The van der Waals surface area contributed by atoms with Gasteiger partial charge < -0.3 is 10.6 Å². The van der Waals surface area contributed by atoms with Crippen molar-refractivity contribution in [3.05, 3.63) is 106 Å². The number of benzene rings is 3. The van der Waals surface area contributed by atoms with E-state index in [1.807, 2.05) is 18.7 Å². The van der Waals surface area contributed by atoms with Gasteiger partial charge in [0.25, 0.3) is 17.7 Å². The van der Waals surface area contributed by atoms with Crippen molar-refractivity contribution in [1.29, 1.82) is 0 Å². The van der Waals surface area contributed by atoms with Crippen LogP contribution in [0.15, 0.2) is 94.3 Å². The minimum absolute atomic E-state index is 0.0960. The molecule has 0 spiro atoms. The molecule has 4 aromatic rings. The molecule has 4 rings (SSSR count). The Morgan fingerprint density at radius 1 is 0.864 bits per heavy atom. The molecule has 0 fully saturated rings. The molecule has 2 N–H and O–H groups in total. The summed E-state index contributed by atoms with van der Waals surface area (Å²) in [5.41, 5.74) is 2.05. The summed E-state index contributed by atoms with van der Waals surface area (Å²) in [5.74, 6) is -1.14. The molecule has 44 heavy (non-hydrogen) atoms. The van der Waals surface area contributed by atoms with Crippen molar-refractivity contribution in [2.45, 2.75) is 18.7 Å². The Kier molecular flexibility index (Phi) is 10.9. The quantitative estimate of drug-likeness (QED) is 0.193. The standard InChI is InChI=1S/C32H31Cl2N5O4S/c1-4-39(5-2)20-30(40)38-44(3,43)28-9-7-6-8-25(28)21-10-12-22(13-11-21)31(41)36-27-16-14-23(33)18-26(27)32(42)37-29-17-15-24(34)19-35-29/h6-19H,4-5,20H2,1-3H3,(H,36,41)(H,35,37,42). The highest BCUT2D eigenvalue weighted by molar-refractivity contribution is 7.93. The second kappa shape index (κ2) is 14.6. The zero-order valence-electron chi connectivity index (χ0n) is 24.3. The van der Waals surface area contributed by atoms with E-state index in [-0.39, 0.29) is 23.6 Å². The Labute approximate surface area is 266 Å². The molecule has 0 bridgehead atoms. The van der Waals surface area contributed by atoms with E-state index in [9.17, 15) is 18.6 Å². The topological polar surface area (TPSA) is 121 Å². The van der Waals surface area contributed by atoms with Crippen molar-refractivity contribution >= 4 is 62.2 Å². The largest absolute Gasteiger partial charge is 0.321 e. The van der Waals surface area contributed by atoms with E-state index in [0.717, 1.165) is 0 Å². The zero-order valence-corrected chi connectivity index (χ0v) is 26.7. The van der Waals surface area contributed by atoms with Crippen molar-refractivity contribution in [1.82, 2.24) is 9.88 Å². The molecule has 0 aliphatic carbocycles. The lowest BCUT2D eigenvalue weighted by Gasteiger charge is -2.16. The molecule has 12 heteroatoms. The third-order valence-corrected chi connectivity index (χ3v) is 8.91. The van der Waals surface area contributed by atoms with E-state index in [1.54, 1.807) is 66.7 Å². The summed E-state index contributed by atoms with van der Waals surface area (Å²) in [7, 11) is -3.05. The SMILES string of the molecule is CCN(CC)CC(=O)N=S(C)(=O)c1ccccc1-c1ccc(C(=O)Nc2ccc(Cl)cc2C(=O)Nc2ccc(Cl)cn2)cc1. The van der Waals surface area contributed by atoms with Crippen LogP contribution in [0.25, 0.3) is 11.1 Å². The fourth-order valence-electron chi connectivity index (χ4n) is 4.39. The number of nitrogens with one attached hydrogen (secondary N) is 2. The second-order valence-electron chi connectivity index (χ2n) is 9.78. The average Bonchev–Trinajstić information content (AvgIpc) is 3.01. The predicted octanol–water partition coefficient (Wildman–Crippen LogP) is 6.89. The van der Waals surface area contributed by atoms with E-state index in [1.165, 1.54) is 24.6 Å². The van der Waals surface area contributed by atoms with Crippen LogP contribution in [0.5, 0.6) is 0 Å². The van der Waals surface area contributed by atoms with Crippen LogP contribution in [-0.4, -0.2) is 57.7 Å². The van der Waals surface area contributed by atoms with Crippen molar-refractivity contribution in [2.24, 2.45) is 4.36 Å². The van der Waals surface area contributed by atoms with Gasteiger partial charge in [0, 0.05) is 23.0 Å². The van der Waals surface area contributed by atoms with Crippen molar-refractivity contribution < 1.29 is 18.6 Å². The van der Waals surface area contributed by atoms with Crippen LogP contribution in [0.4, 0.5) is 11.5 Å². The highest BCUT2D eigenvalue weighted by Gasteiger charge is 2.19. The Hall–Kier alpha value is -4.09. The van der Waals surface area contributed by atoms with Crippen LogP contribution >= 0.6 is 23.2 Å². The minimum Gasteiger partial charge on any atom is -0.321 e. The molecule has 228 valence electrons. The van der Waals surface area contributed by atoms with E-state index < -0.39 is 27.5 Å². The Bertz CT molecular complexity index is 1800. The van der Waals surface area contributed by atoms with Gasteiger partial charge in [0.2, 0.25) is 0 Å². The predicted molar refractivity (Wildman–Crippen MR) is 176 cm³/mol. The fourth-order valence-corrected chi connectivity index (χ4v) is 6.14. The average molecular weight is 653 g/mol. The summed E-state index contributed by atoms with van der Waals surface area (Å²) in [4.78, 5) is 45.2. The van der Waals surface area contributed by atoms with Gasteiger partial charge in [-0.2, -0.15) is 4.36 Å². The van der Waals surface area contributed by atoms with Gasteiger partial charge in [-0.15, -0.1) is 0 Å². The Morgan fingerprint density at radius 3 is 2.20 bits per heavy atom. The van der Waals surface area contributed by atoms with Crippen LogP contribution in [0.3, 0.4) is 0 Å². The number of aromatic nitrogens is 1. The number of amides is 3. The van der Waals surface area contributed by atoms with Crippen LogP contribution in [0.2, 0.25) is 10.0 Å². The zero-order chi connectivity index (χ0) is 31.9. The maximum atomic E-state index is 13.6. The highest BCUT2D eigenvalue weighted by Crippen LogP contribution is 2.29. The molecule has 0 saturated carbocycles. The summed E-state index contributed by atoms with van der Waals surface area (Å²) in [6, 6.07) is 21.4. The van der Waals surface area contributed by atoms with Gasteiger partial charge in [-0.3, -0.25) is 19.3 Å². The van der Waals surface area contributed by atoms with Gasteiger partial charge in [0.05, 0.1) is 37.4 Å². The molecule has 9 nitrogen and oxygen atoms in total. The minimum atomic E-state index is -3.05. The van der Waals surface area contributed by atoms with Gasteiger partial charge in [-0.05, 0) is 72.7 Å². The third-order valence-electron chi connectivity index (χ3n) is 6.73. The molecule has 3 aromatic carbocycles. The van der Waals surface area contributed by atoms with Gasteiger partial charge in [0.15, 0.2) is 0 Å². The number of pyridine rings is 1. The highest BCUT2D eigenvalue weighted by atomic mass is 35.5. The summed E-state index contributed by atoms with van der Waals surface area (Å²) >= 11 is 12.0. The van der Waals surface area contributed by atoms with Crippen LogP contribution < -0.4 is 10.6 Å². The molecular weight excluding hydrogens is 621 g/mol. The van der Waals surface area contributed by atoms with E-state index in [4.69, 9.17) is 23.2 Å². The Morgan fingerprint density at radius 2 is 1.55 bits per heavy atom. The number of carbonyl (C=O) groups is 3. The number of rotatable bonds is 10. The first-order chi connectivity index (χ1) is 21.0. The van der Waals surface area contributed by atoms with Gasteiger partial charge >= 0.3 is 0 Å². The second-order valence-corrected chi connectivity index (χ2v) is 12.9. The molecule has 1 aromatic heterocycles. The van der Waals surface area contributed by atoms with Crippen molar-refractivity contribution in [3.8, 4) is 11.1 Å². The normalized spacial score (nSPS) is 12.3. The molecule has 3 amide bonds. The first-order valence-electron chi connectivity index (χ1n) is 13.7.